The standard InChI is InChI=1S/C9H17NO3/c1-4-7(6-9(12)13-3)10-8(11)5-2/h7H,4-6H2,1-3H3,(H,10,11). The lowest BCUT2D eigenvalue weighted by atomic mass is 10.1. The number of carbonyl (C=O) groups is 2. The van der Waals surface area contributed by atoms with Crippen molar-refractivity contribution in [1.29, 1.82) is 0 Å². The summed E-state index contributed by atoms with van der Waals surface area (Å²) in [5, 5.41) is 2.74. The molecule has 0 saturated heterocycles. The van der Waals surface area contributed by atoms with Gasteiger partial charge in [0.2, 0.25) is 5.91 Å². The van der Waals surface area contributed by atoms with E-state index in [9.17, 15) is 9.59 Å². The summed E-state index contributed by atoms with van der Waals surface area (Å²) in [7, 11) is 1.34. The molecule has 0 aromatic carbocycles. The van der Waals surface area contributed by atoms with Crippen LogP contribution in [0.4, 0.5) is 0 Å². The minimum Gasteiger partial charge on any atom is -0.469 e. The summed E-state index contributed by atoms with van der Waals surface area (Å²) in [6, 6.07) is -0.0973. The van der Waals surface area contributed by atoms with E-state index in [1.807, 2.05) is 6.92 Å². The molecule has 4 nitrogen and oxygen atoms in total. The third kappa shape index (κ3) is 5.22. The Kier molecular flexibility index (Phi) is 5.93. The summed E-state index contributed by atoms with van der Waals surface area (Å²) in [6.45, 7) is 3.70. The van der Waals surface area contributed by atoms with Crippen molar-refractivity contribution in [2.75, 3.05) is 7.11 Å². The molecular weight excluding hydrogens is 170 g/mol. The van der Waals surface area contributed by atoms with E-state index < -0.39 is 0 Å². The minimum atomic E-state index is -0.289. The first-order chi connectivity index (χ1) is 6.13. The Labute approximate surface area is 78.6 Å². The van der Waals surface area contributed by atoms with Crippen molar-refractivity contribution in [2.24, 2.45) is 0 Å². The summed E-state index contributed by atoms with van der Waals surface area (Å²) in [5.41, 5.74) is 0. The fraction of sp³-hybridized carbons (Fsp3) is 0.778. The maximum Gasteiger partial charge on any atom is 0.307 e. The number of esters is 1. The molecule has 0 saturated carbocycles. The number of ether oxygens (including phenoxy) is 1. The minimum absolute atomic E-state index is 0.0317. The second-order valence-corrected chi connectivity index (χ2v) is 2.81. The van der Waals surface area contributed by atoms with Crippen LogP contribution in [0.3, 0.4) is 0 Å². The average Bonchev–Trinajstić information content (AvgIpc) is 2.16. The highest BCUT2D eigenvalue weighted by Crippen LogP contribution is 1.99. The van der Waals surface area contributed by atoms with E-state index in [0.717, 1.165) is 6.42 Å². The first kappa shape index (κ1) is 11.9. The molecule has 1 N–H and O–H groups in total. The van der Waals surface area contributed by atoms with Crippen LogP contribution in [0.15, 0.2) is 0 Å². The van der Waals surface area contributed by atoms with Gasteiger partial charge in [-0.15, -0.1) is 0 Å². The molecular formula is C9H17NO3. The van der Waals surface area contributed by atoms with Crippen LogP contribution in [0.2, 0.25) is 0 Å². The fourth-order valence-electron chi connectivity index (χ4n) is 0.912. The zero-order valence-electron chi connectivity index (χ0n) is 8.42. The van der Waals surface area contributed by atoms with E-state index in [2.05, 4.69) is 10.1 Å². The Hall–Kier alpha value is -1.06. The number of hydrogen-bond acceptors (Lipinski definition) is 3. The average molecular weight is 187 g/mol. The van der Waals surface area contributed by atoms with E-state index in [4.69, 9.17) is 0 Å². The van der Waals surface area contributed by atoms with Gasteiger partial charge < -0.3 is 10.1 Å². The fourth-order valence-corrected chi connectivity index (χ4v) is 0.912. The summed E-state index contributed by atoms with van der Waals surface area (Å²) in [4.78, 5) is 21.9. The van der Waals surface area contributed by atoms with E-state index in [0.29, 0.717) is 6.42 Å². The first-order valence-corrected chi connectivity index (χ1v) is 4.50. The van der Waals surface area contributed by atoms with Crippen LogP contribution < -0.4 is 5.32 Å². The predicted molar refractivity (Wildman–Crippen MR) is 49.1 cm³/mol. The largest absolute Gasteiger partial charge is 0.469 e. The maximum atomic E-state index is 11.0. The molecule has 0 fully saturated rings. The zero-order valence-corrected chi connectivity index (χ0v) is 8.42. The van der Waals surface area contributed by atoms with Gasteiger partial charge in [0, 0.05) is 12.5 Å². The van der Waals surface area contributed by atoms with Crippen molar-refractivity contribution < 1.29 is 14.3 Å². The van der Waals surface area contributed by atoms with Crippen LogP contribution in [0.25, 0.3) is 0 Å². The van der Waals surface area contributed by atoms with Gasteiger partial charge in [0.15, 0.2) is 0 Å². The Morgan fingerprint density at radius 1 is 1.38 bits per heavy atom. The highest BCUT2D eigenvalue weighted by atomic mass is 16.5. The SMILES string of the molecule is CCC(=O)NC(CC)CC(=O)OC. The van der Waals surface area contributed by atoms with Crippen molar-refractivity contribution in [1.82, 2.24) is 5.32 Å². The third-order valence-electron chi connectivity index (χ3n) is 1.82. The lowest BCUT2D eigenvalue weighted by Crippen LogP contribution is -2.35. The smallest absolute Gasteiger partial charge is 0.307 e. The number of amides is 1. The van der Waals surface area contributed by atoms with Crippen LogP contribution >= 0.6 is 0 Å². The Bertz CT molecular complexity index is 162. The Balaban J connectivity index is 3.89. The number of rotatable bonds is 5. The topological polar surface area (TPSA) is 55.4 Å². The van der Waals surface area contributed by atoms with Crippen LogP contribution in [-0.2, 0) is 14.3 Å². The van der Waals surface area contributed by atoms with Crippen LogP contribution in [0.1, 0.15) is 33.1 Å². The number of methoxy groups -OCH3 is 1. The second-order valence-electron chi connectivity index (χ2n) is 2.81. The Morgan fingerprint density at radius 2 is 2.00 bits per heavy atom. The predicted octanol–water partition coefficient (Wildman–Crippen LogP) is 0.854. The van der Waals surface area contributed by atoms with Gasteiger partial charge in [-0.25, -0.2) is 0 Å². The lowest BCUT2D eigenvalue weighted by Gasteiger charge is -2.14. The molecule has 0 radical (unpaired) electrons. The molecule has 1 amide bonds. The van der Waals surface area contributed by atoms with Crippen molar-refractivity contribution in [2.45, 2.75) is 39.2 Å². The van der Waals surface area contributed by atoms with E-state index in [-0.39, 0.29) is 24.3 Å². The molecule has 76 valence electrons. The number of nitrogens with one attached hydrogen (secondary N) is 1. The van der Waals surface area contributed by atoms with E-state index >= 15 is 0 Å². The van der Waals surface area contributed by atoms with Gasteiger partial charge in [0.25, 0.3) is 0 Å². The highest BCUT2D eigenvalue weighted by Gasteiger charge is 2.13. The second kappa shape index (κ2) is 6.46. The molecule has 0 heterocycles. The molecule has 0 spiro atoms. The van der Waals surface area contributed by atoms with Gasteiger partial charge in [-0.3, -0.25) is 9.59 Å². The van der Waals surface area contributed by atoms with Gasteiger partial charge in [-0.2, -0.15) is 0 Å². The lowest BCUT2D eigenvalue weighted by molar-refractivity contribution is -0.141. The van der Waals surface area contributed by atoms with Crippen LogP contribution in [0, 0.1) is 0 Å². The molecule has 0 aliphatic carbocycles. The molecule has 13 heavy (non-hydrogen) atoms. The number of hydrogen-bond donors (Lipinski definition) is 1. The molecule has 1 atom stereocenters. The van der Waals surface area contributed by atoms with Crippen molar-refractivity contribution in [3.05, 3.63) is 0 Å². The molecule has 4 heteroatoms. The molecule has 0 aromatic rings. The van der Waals surface area contributed by atoms with Gasteiger partial charge in [0.05, 0.1) is 13.5 Å². The highest BCUT2D eigenvalue weighted by molar-refractivity contribution is 5.77. The van der Waals surface area contributed by atoms with Gasteiger partial charge >= 0.3 is 5.97 Å². The molecule has 0 aliphatic heterocycles. The van der Waals surface area contributed by atoms with Gasteiger partial charge in [-0.05, 0) is 6.42 Å². The monoisotopic (exact) mass is 187 g/mol. The van der Waals surface area contributed by atoms with Crippen molar-refractivity contribution in [3.63, 3.8) is 0 Å². The van der Waals surface area contributed by atoms with Crippen LogP contribution in [-0.4, -0.2) is 25.0 Å². The normalized spacial score (nSPS) is 11.9. The molecule has 0 aliphatic rings. The quantitative estimate of drug-likeness (QED) is 0.649. The van der Waals surface area contributed by atoms with E-state index in [1.54, 1.807) is 6.92 Å². The molecule has 0 aromatic heterocycles. The van der Waals surface area contributed by atoms with Gasteiger partial charge in [0.1, 0.15) is 0 Å². The molecule has 0 bridgehead atoms. The molecule has 1 unspecified atom stereocenters. The van der Waals surface area contributed by atoms with Crippen molar-refractivity contribution in [3.8, 4) is 0 Å². The van der Waals surface area contributed by atoms with E-state index in [1.165, 1.54) is 7.11 Å². The summed E-state index contributed by atoms with van der Waals surface area (Å²) >= 11 is 0. The van der Waals surface area contributed by atoms with Crippen LogP contribution in [0.5, 0.6) is 0 Å². The number of carbonyl (C=O) groups excluding carboxylic acids is 2. The maximum absolute atomic E-state index is 11.0. The summed E-state index contributed by atoms with van der Waals surface area (Å²) in [6.07, 6.45) is 1.43. The Morgan fingerprint density at radius 3 is 2.38 bits per heavy atom. The third-order valence-corrected chi connectivity index (χ3v) is 1.82. The molecule has 0 rings (SSSR count). The summed E-state index contributed by atoms with van der Waals surface area (Å²) < 4.78 is 4.51. The van der Waals surface area contributed by atoms with Crippen molar-refractivity contribution >= 4 is 11.9 Å². The summed E-state index contributed by atoms with van der Waals surface area (Å²) in [5.74, 6) is -0.320. The zero-order chi connectivity index (χ0) is 10.3. The first-order valence-electron chi connectivity index (χ1n) is 4.50. The van der Waals surface area contributed by atoms with Gasteiger partial charge in [-0.1, -0.05) is 13.8 Å².